The molecule has 0 bridgehead atoms. The number of methoxy groups -OCH3 is 1. The van der Waals surface area contributed by atoms with Crippen molar-refractivity contribution in [2.24, 2.45) is 0 Å². The minimum atomic E-state index is -3.98. The molecule has 0 amide bonds. The highest BCUT2D eigenvalue weighted by Gasteiger charge is 2.18. The number of nitrogens with one attached hydrogen (secondary N) is 1. The van der Waals surface area contributed by atoms with Crippen molar-refractivity contribution in [2.45, 2.75) is 11.4 Å². The molecule has 1 heterocycles. The van der Waals surface area contributed by atoms with Gasteiger partial charge in [-0.1, -0.05) is 11.6 Å². The summed E-state index contributed by atoms with van der Waals surface area (Å²) in [6.07, 6.45) is 0. The van der Waals surface area contributed by atoms with Gasteiger partial charge in [0.1, 0.15) is 5.82 Å². The van der Waals surface area contributed by atoms with E-state index in [2.05, 4.69) is 4.72 Å². The summed E-state index contributed by atoms with van der Waals surface area (Å²) >= 11 is 5.66. The summed E-state index contributed by atoms with van der Waals surface area (Å²) in [5.41, 5.74) is 0.692. The van der Waals surface area contributed by atoms with Gasteiger partial charge >= 0.3 is 5.76 Å². The number of benzene rings is 2. The highest BCUT2D eigenvalue weighted by atomic mass is 35.5. The predicted octanol–water partition coefficient (Wildman–Crippen LogP) is 2.83. The van der Waals surface area contributed by atoms with Gasteiger partial charge in [-0.25, -0.2) is 17.6 Å². The smallest absolute Gasteiger partial charge is 0.408 e. The number of anilines is 1. The normalized spacial score (nSPS) is 11.8. The predicted molar refractivity (Wildman–Crippen MR) is 94.6 cm³/mol. The lowest BCUT2D eigenvalue weighted by molar-refractivity contribution is 0.186. The molecule has 0 aliphatic carbocycles. The van der Waals surface area contributed by atoms with Crippen LogP contribution in [0.3, 0.4) is 0 Å². The summed E-state index contributed by atoms with van der Waals surface area (Å²) in [5.74, 6) is -1.26. The van der Waals surface area contributed by atoms with Crippen LogP contribution in [0, 0.1) is 5.82 Å². The molecule has 0 radical (unpaired) electrons. The molecule has 138 valence electrons. The average molecular weight is 401 g/mol. The summed E-state index contributed by atoms with van der Waals surface area (Å²) in [6, 6.07) is 7.52. The van der Waals surface area contributed by atoms with Crippen molar-refractivity contribution in [3.8, 4) is 0 Å². The Morgan fingerprint density at radius 2 is 2.04 bits per heavy atom. The SMILES string of the molecule is COCCn1c(=O)oc2cc(S(=O)(=O)Nc3ccc(F)c(Cl)c3)ccc21. The van der Waals surface area contributed by atoms with Crippen LogP contribution in [0.2, 0.25) is 5.02 Å². The molecular weight excluding hydrogens is 387 g/mol. The number of ether oxygens (including phenoxy) is 1. The van der Waals surface area contributed by atoms with Crippen LogP contribution in [0.15, 0.2) is 50.5 Å². The van der Waals surface area contributed by atoms with Crippen LogP contribution in [0.4, 0.5) is 10.1 Å². The maximum absolute atomic E-state index is 13.2. The quantitative estimate of drug-likeness (QED) is 0.687. The number of rotatable bonds is 6. The number of aromatic nitrogens is 1. The molecule has 10 heteroatoms. The van der Waals surface area contributed by atoms with Crippen molar-refractivity contribution in [3.05, 3.63) is 57.8 Å². The second-order valence-corrected chi connectivity index (χ2v) is 7.47. The Morgan fingerprint density at radius 1 is 1.27 bits per heavy atom. The summed E-state index contributed by atoms with van der Waals surface area (Å²) < 4.78 is 51.9. The van der Waals surface area contributed by atoms with Crippen LogP contribution in [-0.2, 0) is 21.3 Å². The third-order valence-corrected chi connectivity index (χ3v) is 5.31. The summed E-state index contributed by atoms with van der Waals surface area (Å²) in [4.78, 5) is 11.8. The minimum Gasteiger partial charge on any atom is -0.408 e. The van der Waals surface area contributed by atoms with Crippen LogP contribution < -0.4 is 10.5 Å². The number of halogens is 2. The van der Waals surface area contributed by atoms with Crippen molar-refractivity contribution in [3.63, 3.8) is 0 Å². The highest BCUT2D eigenvalue weighted by molar-refractivity contribution is 7.92. The number of hydrogen-bond donors (Lipinski definition) is 1. The van der Waals surface area contributed by atoms with E-state index in [9.17, 15) is 17.6 Å². The maximum atomic E-state index is 13.2. The molecule has 26 heavy (non-hydrogen) atoms. The number of sulfonamides is 1. The van der Waals surface area contributed by atoms with Crippen molar-refractivity contribution in [1.29, 1.82) is 0 Å². The Labute approximate surface area is 153 Å². The fourth-order valence-electron chi connectivity index (χ4n) is 2.38. The van der Waals surface area contributed by atoms with E-state index in [-0.39, 0.29) is 27.7 Å². The Bertz CT molecular complexity index is 1120. The number of oxazole rings is 1. The molecule has 0 aliphatic heterocycles. The molecule has 7 nitrogen and oxygen atoms in total. The minimum absolute atomic E-state index is 0.107. The van der Waals surface area contributed by atoms with Crippen LogP contribution in [0.5, 0.6) is 0 Å². The van der Waals surface area contributed by atoms with Crippen LogP contribution in [0.25, 0.3) is 11.1 Å². The van der Waals surface area contributed by atoms with Gasteiger partial charge in [-0.2, -0.15) is 0 Å². The molecule has 0 unspecified atom stereocenters. The lowest BCUT2D eigenvalue weighted by Gasteiger charge is -2.09. The Kier molecular flexibility index (Phi) is 5.03. The first-order valence-corrected chi connectivity index (χ1v) is 9.28. The van der Waals surface area contributed by atoms with E-state index >= 15 is 0 Å². The molecule has 0 saturated carbocycles. The lowest BCUT2D eigenvalue weighted by atomic mass is 10.3. The number of nitrogens with zero attached hydrogens (tertiary/aromatic N) is 1. The van der Waals surface area contributed by atoms with E-state index in [0.717, 1.165) is 12.1 Å². The largest absolute Gasteiger partial charge is 0.420 e. The molecule has 3 aromatic rings. The van der Waals surface area contributed by atoms with Crippen LogP contribution in [-0.4, -0.2) is 26.7 Å². The summed E-state index contributed by atoms with van der Waals surface area (Å²) in [5, 5.41) is -0.207. The molecule has 1 N–H and O–H groups in total. The van der Waals surface area contributed by atoms with E-state index < -0.39 is 21.6 Å². The first kappa shape index (κ1) is 18.4. The molecule has 0 atom stereocenters. The zero-order valence-corrected chi connectivity index (χ0v) is 15.1. The van der Waals surface area contributed by atoms with Crippen molar-refractivity contribution < 1.29 is 22.0 Å². The molecule has 0 aliphatic rings. The van der Waals surface area contributed by atoms with Crippen molar-refractivity contribution >= 4 is 38.4 Å². The van der Waals surface area contributed by atoms with Gasteiger partial charge in [0.05, 0.1) is 34.3 Å². The topological polar surface area (TPSA) is 90.5 Å². The fraction of sp³-hybridized carbons (Fsp3) is 0.188. The monoisotopic (exact) mass is 400 g/mol. The van der Waals surface area contributed by atoms with Gasteiger partial charge in [-0.15, -0.1) is 0 Å². The van der Waals surface area contributed by atoms with Gasteiger partial charge in [0, 0.05) is 13.2 Å². The van der Waals surface area contributed by atoms with Gasteiger partial charge in [-0.3, -0.25) is 9.29 Å². The average Bonchev–Trinajstić information content (AvgIpc) is 2.90. The zero-order chi connectivity index (χ0) is 18.9. The van der Waals surface area contributed by atoms with E-state index in [1.807, 2.05) is 0 Å². The molecule has 3 rings (SSSR count). The molecular formula is C16H14ClFN2O5S. The lowest BCUT2D eigenvalue weighted by Crippen LogP contribution is -2.17. The molecule has 2 aromatic carbocycles. The van der Waals surface area contributed by atoms with Crippen LogP contribution in [0.1, 0.15) is 0 Å². The van der Waals surface area contributed by atoms with Gasteiger partial charge in [0.25, 0.3) is 10.0 Å². The van der Waals surface area contributed by atoms with Gasteiger partial charge in [0.2, 0.25) is 0 Å². The second kappa shape index (κ2) is 7.10. The van der Waals surface area contributed by atoms with Gasteiger partial charge in [0.15, 0.2) is 5.58 Å². The summed E-state index contributed by atoms with van der Waals surface area (Å²) in [7, 11) is -2.48. The Morgan fingerprint density at radius 3 is 2.73 bits per heavy atom. The molecule has 0 fully saturated rings. The first-order valence-electron chi connectivity index (χ1n) is 7.42. The van der Waals surface area contributed by atoms with E-state index in [0.29, 0.717) is 12.1 Å². The summed E-state index contributed by atoms with van der Waals surface area (Å²) in [6.45, 7) is 0.586. The molecule has 0 spiro atoms. The second-order valence-electron chi connectivity index (χ2n) is 5.38. The number of hydrogen-bond acceptors (Lipinski definition) is 5. The van der Waals surface area contributed by atoms with E-state index in [4.69, 9.17) is 20.8 Å². The number of fused-ring (bicyclic) bond motifs is 1. The Balaban J connectivity index is 1.96. The first-order chi connectivity index (χ1) is 12.3. The van der Waals surface area contributed by atoms with E-state index in [1.54, 1.807) is 0 Å². The maximum Gasteiger partial charge on any atom is 0.420 e. The zero-order valence-electron chi connectivity index (χ0n) is 13.5. The fourth-order valence-corrected chi connectivity index (χ4v) is 3.63. The van der Waals surface area contributed by atoms with Gasteiger partial charge < -0.3 is 9.15 Å². The van der Waals surface area contributed by atoms with Crippen molar-refractivity contribution in [1.82, 2.24) is 4.57 Å². The van der Waals surface area contributed by atoms with E-state index in [1.165, 1.54) is 35.9 Å². The van der Waals surface area contributed by atoms with Crippen LogP contribution >= 0.6 is 11.6 Å². The van der Waals surface area contributed by atoms with Gasteiger partial charge in [-0.05, 0) is 30.3 Å². The Hall–Kier alpha value is -2.36. The third-order valence-electron chi connectivity index (χ3n) is 3.64. The third kappa shape index (κ3) is 3.59. The standard InChI is InChI=1S/C16H14ClFN2O5S/c1-24-7-6-20-14-5-3-11(9-15(14)25-16(20)21)26(22,23)19-10-2-4-13(18)12(17)8-10/h2-5,8-9,19H,6-7H2,1H3. The van der Waals surface area contributed by atoms with Crippen molar-refractivity contribution in [2.75, 3.05) is 18.4 Å². The molecule has 1 aromatic heterocycles. The molecule has 0 saturated heterocycles. The highest BCUT2D eigenvalue weighted by Crippen LogP contribution is 2.24.